The van der Waals surface area contributed by atoms with Gasteiger partial charge in [0, 0.05) is 23.6 Å². The normalized spacial score (nSPS) is 21.0. The molecule has 1 unspecified atom stereocenters. The third-order valence-corrected chi connectivity index (χ3v) is 6.94. The van der Waals surface area contributed by atoms with Crippen molar-refractivity contribution < 1.29 is 24.2 Å². The molecule has 152 valence electrons. The molecule has 1 fully saturated rings. The van der Waals surface area contributed by atoms with Gasteiger partial charge in [-0.25, -0.2) is 9.78 Å². The number of thioether (sulfide) groups is 1. The van der Waals surface area contributed by atoms with E-state index in [0.717, 1.165) is 0 Å². The van der Waals surface area contributed by atoms with Gasteiger partial charge in [-0.3, -0.25) is 4.79 Å². The predicted octanol–water partition coefficient (Wildman–Crippen LogP) is 3.76. The van der Waals surface area contributed by atoms with Gasteiger partial charge >= 0.3 is 5.97 Å². The van der Waals surface area contributed by atoms with Crippen molar-refractivity contribution in [3.05, 3.63) is 35.3 Å². The monoisotopic (exact) mass is 432 g/mol. The average molecular weight is 433 g/mol. The second-order valence-electron chi connectivity index (χ2n) is 6.61. The number of carboxylic acids is 1. The highest BCUT2D eigenvalue weighted by Crippen LogP contribution is 2.38. The van der Waals surface area contributed by atoms with Crippen LogP contribution in [0, 0.1) is 29.1 Å². The summed E-state index contributed by atoms with van der Waals surface area (Å²) >= 11 is 2.73. The maximum absolute atomic E-state index is 12.5. The second-order valence-corrected chi connectivity index (χ2v) is 8.81. The van der Waals surface area contributed by atoms with Crippen LogP contribution in [0.5, 0.6) is 11.5 Å². The highest BCUT2D eigenvalue weighted by atomic mass is 32.2. The van der Waals surface area contributed by atoms with E-state index >= 15 is 0 Å². The summed E-state index contributed by atoms with van der Waals surface area (Å²) in [6, 6.07) is 9.45. The van der Waals surface area contributed by atoms with Gasteiger partial charge in [-0.05, 0) is 24.5 Å². The first-order valence-corrected chi connectivity index (χ1v) is 10.9. The smallest absolute Gasteiger partial charge is 0.355 e. The average Bonchev–Trinajstić information content (AvgIpc) is 3.31. The van der Waals surface area contributed by atoms with E-state index in [1.54, 1.807) is 19.2 Å². The highest BCUT2D eigenvalue weighted by Gasteiger charge is 2.42. The van der Waals surface area contributed by atoms with Gasteiger partial charge in [-0.15, -0.1) is 11.3 Å². The van der Waals surface area contributed by atoms with E-state index in [1.165, 1.54) is 28.5 Å². The first kappa shape index (κ1) is 21.1. The molecule has 1 saturated carbocycles. The zero-order chi connectivity index (χ0) is 20.8. The van der Waals surface area contributed by atoms with E-state index in [0.29, 0.717) is 28.0 Å². The lowest BCUT2D eigenvalue weighted by atomic mass is 9.88. The summed E-state index contributed by atoms with van der Waals surface area (Å²) in [6.07, 6.45) is 0.904. The summed E-state index contributed by atoms with van der Waals surface area (Å²) in [4.78, 5) is 27.5. The number of ketones is 1. The molecule has 0 bridgehead atoms. The number of benzene rings is 1. The molecule has 0 saturated heterocycles. The Morgan fingerprint density at radius 1 is 1.45 bits per heavy atom. The second kappa shape index (κ2) is 9.76. The molecule has 3 atom stereocenters. The molecule has 2 aromatic rings. The summed E-state index contributed by atoms with van der Waals surface area (Å²) in [6.45, 7) is 0.222. The molecule has 0 spiro atoms. The van der Waals surface area contributed by atoms with Crippen LogP contribution in [0.25, 0.3) is 0 Å². The topological polar surface area (TPSA) is 110 Å². The molecule has 9 heteroatoms. The largest absolute Gasteiger partial charge is 0.497 e. The van der Waals surface area contributed by atoms with E-state index in [9.17, 15) is 14.9 Å². The van der Waals surface area contributed by atoms with Crippen LogP contribution in [-0.2, 0) is 4.79 Å². The molecular weight excluding hydrogens is 412 g/mol. The number of carboxylic acid groups (broad SMARTS) is 1. The molecule has 7 nitrogen and oxygen atoms in total. The zero-order valence-electron chi connectivity index (χ0n) is 15.7. The summed E-state index contributed by atoms with van der Waals surface area (Å²) in [5.74, 6) is 0.195. The molecule has 1 aliphatic rings. The van der Waals surface area contributed by atoms with E-state index in [-0.39, 0.29) is 42.3 Å². The number of carbonyl (C=O) groups is 2. The van der Waals surface area contributed by atoms with E-state index in [2.05, 4.69) is 11.1 Å². The van der Waals surface area contributed by atoms with Gasteiger partial charge in [0.2, 0.25) is 0 Å². The maximum Gasteiger partial charge on any atom is 0.355 e. The first-order chi connectivity index (χ1) is 14.0. The fourth-order valence-electron chi connectivity index (χ4n) is 3.38. The molecule has 1 N–H and O–H groups in total. The zero-order valence-corrected chi connectivity index (χ0v) is 17.4. The molecule has 1 aromatic carbocycles. The molecule has 1 aromatic heterocycles. The Kier molecular flexibility index (Phi) is 7.12. The summed E-state index contributed by atoms with van der Waals surface area (Å²) in [5, 5.41) is 19.9. The lowest BCUT2D eigenvalue weighted by molar-refractivity contribution is -0.122. The van der Waals surface area contributed by atoms with Crippen molar-refractivity contribution in [3.63, 3.8) is 0 Å². The van der Waals surface area contributed by atoms with Crippen LogP contribution in [0.15, 0.2) is 34.0 Å². The van der Waals surface area contributed by atoms with Crippen molar-refractivity contribution in [1.82, 2.24) is 4.98 Å². The van der Waals surface area contributed by atoms with Gasteiger partial charge in [0.25, 0.3) is 0 Å². The molecule has 1 heterocycles. The van der Waals surface area contributed by atoms with E-state index in [1.807, 2.05) is 12.1 Å². The first-order valence-electron chi connectivity index (χ1n) is 9.02. The fraction of sp³-hybridized carbons (Fsp3) is 0.400. The van der Waals surface area contributed by atoms with Crippen LogP contribution in [0.4, 0.5) is 0 Å². The van der Waals surface area contributed by atoms with Gasteiger partial charge in [0.1, 0.15) is 17.3 Å². The number of ether oxygens (including phenoxy) is 2. The molecule has 0 radical (unpaired) electrons. The number of nitriles is 1. The van der Waals surface area contributed by atoms with Crippen LogP contribution in [0.3, 0.4) is 0 Å². The Labute approximate surface area is 176 Å². The maximum atomic E-state index is 12.5. The molecule has 0 aliphatic heterocycles. The Bertz CT molecular complexity index is 924. The van der Waals surface area contributed by atoms with Crippen molar-refractivity contribution in [2.45, 2.75) is 17.2 Å². The quantitative estimate of drug-likeness (QED) is 0.597. The third-order valence-electron chi connectivity index (χ3n) is 4.88. The number of hydrogen-bond acceptors (Lipinski definition) is 8. The van der Waals surface area contributed by atoms with Gasteiger partial charge in [0.15, 0.2) is 10.0 Å². The molecule has 3 rings (SSSR count). The van der Waals surface area contributed by atoms with Gasteiger partial charge in [-0.1, -0.05) is 17.8 Å². The minimum atomic E-state index is -1.05. The summed E-state index contributed by atoms with van der Waals surface area (Å²) < 4.78 is 11.7. The number of aromatic nitrogens is 1. The lowest BCUT2D eigenvalue weighted by Gasteiger charge is -2.20. The summed E-state index contributed by atoms with van der Waals surface area (Å²) in [5.41, 5.74) is 0.0352. The number of nitrogens with zero attached hydrogens (tertiary/aromatic N) is 2. The van der Waals surface area contributed by atoms with Crippen LogP contribution in [0.2, 0.25) is 0 Å². The number of aromatic carboxylic acids is 1. The van der Waals surface area contributed by atoms with E-state index in [4.69, 9.17) is 14.6 Å². The number of thiazole rings is 1. The van der Waals surface area contributed by atoms with Gasteiger partial charge in [-0.2, -0.15) is 5.26 Å². The Morgan fingerprint density at radius 2 is 2.24 bits per heavy atom. The van der Waals surface area contributed by atoms with Crippen molar-refractivity contribution in [2.24, 2.45) is 17.8 Å². The Hall–Kier alpha value is -2.57. The predicted molar refractivity (Wildman–Crippen MR) is 109 cm³/mol. The lowest BCUT2D eigenvalue weighted by Crippen LogP contribution is -2.24. The minimum absolute atomic E-state index is 0.0352. The van der Waals surface area contributed by atoms with Crippen LogP contribution in [-0.4, -0.2) is 41.3 Å². The molecule has 1 aliphatic carbocycles. The molecular formula is C20H20N2O5S2. The van der Waals surface area contributed by atoms with Crippen molar-refractivity contribution in [2.75, 3.05) is 19.5 Å². The SMILES string of the molecule is COc1cccc(OC[C@H]2C(=O)CC(C#N)[C@@H]2CCSc2nc(C(=O)O)cs2)c1. The minimum Gasteiger partial charge on any atom is -0.497 e. The van der Waals surface area contributed by atoms with Crippen molar-refractivity contribution >= 4 is 34.9 Å². The number of Topliss-reactive ketones (excluding diaryl/α,β-unsaturated/α-hetero) is 1. The third kappa shape index (κ3) is 5.28. The van der Waals surface area contributed by atoms with Crippen molar-refractivity contribution in [3.8, 4) is 17.6 Å². The Balaban J connectivity index is 1.59. The highest BCUT2D eigenvalue weighted by molar-refractivity contribution is 8.01. The number of methoxy groups -OCH3 is 1. The van der Waals surface area contributed by atoms with Crippen LogP contribution >= 0.6 is 23.1 Å². The Morgan fingerprint density at radius 3 is 2.93 bits per heavy atom. The number of hydrogen-bond donors (Lipinski definition) is 1. The number of carbonyl (C=O) groups excluding carboxylic acids is 1. The fourth-order valence-corrected chi connectivity index (χ4v) is 5.29. The summed E-state index contributed by atoms with van der Waals surface area (Å²) in [7, 11) is 1.58. The van der Waals surface area contributed by atoms with Gasteiger partial charge in [0.05, 0.1) is 31.6 Å². The van der Waals surface area contributed by atoms with Gasteiger partial charge < -0.3 is 14.6 Å². The van der Waals surface area contributed by atoms with Crippen LogP contribution < -0.4 is 9.47 Å². The standard InChI is InChI=1S/C20H20N2O5S2/c1-26-13-3-2-4-14(8-13)27-10-16-15(12(9-21)7-18(16)23)5-6-28-20-22-17(11-29-20)19(24)25/h2-4,8,11-12,15-16H,5-7,10H2,1H3,(H,24,25)/t12?,15-,16+/m0/s1. The van der Waals surface area contributed by atoms with E-state index < -0.39 is 5.97 Å². The van der Waals surface area contributed by atoms with Crippen LogP contribution in [0.1, 0.15) is 23.3 Å². The number of rotatable bonds is 9. The molecule has 0 amide bonds. The van der Waals surface area contributed by atoms with Crippen molar-refractivity contribution in [1.29, 1.82) is 5.26 Å². The molecule has 29 heavy (non-hydrogen) atoms.